The number of hydrogen-bond donors (Lipinski definition) is 1. The summed E-state index contributed by atoms with van der Waals surface area (Å²) in [5, 5.41) is 3.88. The Labute approximate surface area is 160 Å². The van der Waals surface area contributed by atoms with Gasteiger partial charge in [0.2, 0.25) is 5.91 Å². The van der Waals surface area contributed by atoms with E-state index in [1.807, 2.05) is 22.9 Å². The van der Waals surface area contributed by atoms with E-state index in [2.05, 4.69) is 27.3 Å². The van der Waals surface area contributed by atoms with Crippen LogP contribution in [0.2, 0.25) is 5.02 Å². The van der Waals surface area contributed by atoms with Gasteiger partial charge in [0.1, 0.15) is 0 Å². The number of nitrogens with zero attached hydrogens (tertiary/aromatic N) is 3. The Kier molecular flexibility index (Phi) is 7.09. The van der Waals surface area contributed by atoms with Crippen LogP contribution in [-0.2, 0) is 11.3 Å². The molecular weight excluding hydrogens is 348 g/mol. The molecule has 1 aliphatic heterocycles. The number of carbonyl (C=O) groups excluding carboxylic acids is 1. The number of amides is 1. The van der Waals surface area contributed by atoms with E-state index in [0.717, 1.165) is 31.1 Å². The lowest BCUT2D eigenvalue weighted by Crippen LogP contribution is -2.40. The molecule has 26 heavy (non-hydrogen) atoms. The predicted octanol–water partition coefficient (Wildman–Crippen LogP) is 3.66. The largest absolute Gasteiger partial charge is 0.354 e. The zero-order valence-electron chi connectivity index (χ0n) is 15.1. The lowest BCUT2D eigenvalue weighted by atomic mass is 10.0. The van der Waals surface area contributed by atoms with Crippen molar-refractivity contribution >= 4 is 17.5 Å². The van der Waals surface area contributed by atoms with Gasteiger partial charge in [0, 0.05) is 36.9 Å². The molecule has 1 fully saturated rings. The van der Waals surface area contributed by atoms with Crippen LogP contribution in [0.15, 0.2) is 43.0 Å². The third-order valence-corrected chi connectivity index (χ3v) is 5.21. The highest BCUT2D eigenvalue weighted by Crippen LogP contribution is 2.25. The Hall–Kier alpha value is -1.85. The molecule has 1 N–H and O–H groups in total. The van der Waals surface area contributed by atoms with E-state index in [0.29, 0.717) is 13.0 Å². The number of imidazole rings is 1. The fourth-order valence-electron chi connectivity index (χ4n) is 3.51. The van der Waals surface area contributed by atoms with E-state index >= 15 is 0 Å². The maximum absolute atomic E-state index is 12.3. The van der Waals surface area contributed by atoms with Crippen molar-refractivity contribution in [3.63, 3.8) is 0 Å². The lowest BCUT2D eigenvalue weighted by Gasteiger charge is -2.35. The third-order valence-electron chi connectivity index (χ3n) is 4.96. The van der Waals surface area contributed by atoms with E-state index < -0.39 is 0 Å². The minimum atomic E-state index is 0.112. The second-order valence-corrected chi connectivity index (χ2v) is 7.31. The Morgan fingerprint density at radius 1 is 1.19 bits per heavy atom. The molecule has 2 heterocycles. The molecule has 2 aromatic rings. The molecular formula is C20H27ClN4O. The van der Waals surface area contributed by atoms with Gasteiger partial charge >= 0.3 is 0 Å². The van der Waals surface area contributed by atoms with E-state index in [1.54, 1.807) is 12.5 Å². The molecule has 0 saturated carbocycles. The summed E-state index contributed by atoms with van der Waals surface area (Å²) in [5.41, 5.74) is 1.22. The molecule has 1 unspecified atom stereocenters. The summed E-state index contributed by atoms with van der Waals surface area (Å²) >= 11 is 6.04. The first-order valence-corrected chi connectivity index (χ1v) is 9.82. The summed E-state index contributed by atoms with van der Waals surface area (Å²) in [4.78, 5) is 18.8. The molecule has 1 aliphatic rings. The molecule has 0 radical (unpaired) electrons. The topological polar surface area (TPSA) is 50.2 Å². The van der Waals surface area contributed by atoms with Crippen LogP contribution in [0.4, 0.5) is 0 Å². The number of piperidine rings is 1. The van der Waals surface area contributed by atoms with Gasteiger partial charge in [0.25, 0.3) is 0 Å². The summed E-state index contributed by atoms with van der Waals surface area (Å²) in [6.07, 6.45) is 10.6. The second-order valence-electron chi connectivity index (χ2n) is 6.87. The summed E-state index contributed by atoms with van der Waals surface area (Å²) in [5.74, 6) is 0.112. The Bertz CT molecular complexity index is 666. The highest BCUT2D eigenvalue weighted by atomic mass is 35.5. The average molecular weight is 375 g/mol. The van der Waals surface area contributed by atoms with Gasteiger partial charge in [0.05, 0.1) is 12.4 Å². The van der Waals surface area contributed by atoms with Crippen LogP contribution < -0.4 is 5.32 Å². The minimum Gasteiger partial charge on any atom is -0.354 e. The van der Waals surface area contributed by atoms with Crippen molar-refractivity contribution in [2.45, 2.75) is 44.7 Å². The molecule has 1 aromatic carbocycles. The van der Waals surface area contributed by atoms with Gasteiger partial charge < -0.3 is 9.88 Å². The number of hydrogen-bond acceptors (Lipinski definition) is 3. The first-order valence-electron chi connectivity index (χ1n) is 9.44. The van der Waals surface area contributed by atoms with E-state index in [-0.39, 0.29) is 11.9 Å². The van der Waals surface area contributed by atoms with Crippen molar-refractivity contribution < 1.29 is 4.79 Å². The number of rotatable bonds is 8. The van der Waals surface area contributed by atoms with Crippen molar-refractivity contribution in [2.75, 3.05) is 19.6 Å². The monoisotopic (exact) mass is 374 g/mol. The first-order chi connectivity index (χ1) is 12.7. The number of nitrogens with one attached hydrogen (secondary N) is 1. The first kappa shape index (κ1) is 18.9. The number of aryl methyl sites for hydroxylation is 1. The van der Waals surface area contributed by atoms with E-state index in [4.69, 9.17) is 11.6 Å². The normalized spacial score (nSPS) is 16.3. The van der Waals surface area contributed by atoms with E-state index in [1.165, 1.54) is 24.8 Å². The predicted molar refractivity (Wildman–Crippen MR) is 104 cm³/mol. The van der Waals surface area contributed by atoms with Crippen molar-refractivity contribution in [3.05, 3.63) is 53.6 Å². The number of carbonyl (C=O) groups is 1. The lowest BCUT2D eigenvalue weighted by molar-refractivity contribution is -0.121. The summed E-state index contributed by atoms with van der Waals surface area (Å²) in [6.45, 7) is 3.64. The van der Waals surface area contributed by atoms with Crippen LogP contribution in [0, 0.1) is 0 Å². The number of benzene rings is 1. The summed E-state index contributed by atoms with van der Waals surface area (Å²) < 4.78 is 2.00. The van der Waals surface area contributed by atoms with Crippen LogP contribution >= 0.6 is 11.6 Å². The van der Waals surface area contributed by atoms with Crippen molar-refractivity contribution in [2.24, 2.45) is 0 Å². The molecule has 0 bridgehead atoms. The van der Waals surface area contributed by atoms with Crippen LogP contribution in [0.25, 0.3) is 0 Å². The van der Waals surface area contributed by atoms with Crippen molar-refractivity contribution in [1.82, 2.24) is 19.8 Å². The zero-order chi connectivity index (χ0) is 18.2. The van der Waals surface area contributed by atoms with Crippen LogP contribution in [0.1, 0.15) is 43.7 Å². The highest BCUT2D eigenvalue weighted by Gasteiger charge is 2.22. The van der Waals surface area contributed by atoms with Gasteiger partial charge in [-0.1, -0.05) is 30.2 Å². The molecule has 1 atom stereocenters. The van der Waals surface area contributed by atoms with Gasteiger partial charge in [0.15, 0.2) is 0 Å². The van der Waals surface area contributed by atoms with Crippen molar-refractivity contribution in [3.8, 4) is 0 Å². The quantitative estimate of drug-likeness (QED) is 0.767. The highest BCUT2D eigenvalue weighted by molar-refractivity contribution is 6.30. The molecule has 6 heteroatoms. The number of likely N-dealkylation sites (tertiary alicyclic amines) is 1. The standard InChI is InChI=1S/C20H27ClN4O/c21-18-8-6-17(7-9-18)19(25-12-2-1-3-13-25)15-23-20(26)5-4-11-24-14-10-22-16-24/h6-10,14,16,19H,1-5,11-13,15H2,(H,23,26). The maximum atomic E-state index is 12.3. The molecule has 0 spiro atoms. The number of aromatic nitrogens is 2. The van der Waals surface area contributed by atoms with Gasteiger partial charge in [-0.3, -0.25) is 9.69 Å². The van der Waals surface area contributed by atoms with Crippen LogP contribution in [0.5, 0.6) is 0 Å². The van der Waals surface area contributed by atoms with Crippen molar-refractivity contribution in [1.29, 1.82) is 0 Å². The molecule has 1 amide bonds. The second kappa shape index (κ2) is 9.74. The summed E-state index contributed by atoms with van der Waals surface area (Å²) in [6, 6.07) is 8.23. The van der Waals surface area contributed by atoms with Gasteiger partial charge in [-0.15, -0.1) is 0 Å². The minimum absolute atomic E-state index is 0.112. The smallest absolute Gasteiger partial charge is 0.220 e. The molecule has 3 rings (SSSR count). The Balaban J connectivity index is 1.53. The third kappa shape index (κ3) is 5.58. The molecule has 140 valence electrons. The summed E-state index contributed by atoms with van der Waals surface area (Å²) in [7, 11) is 0. The maximum Gasteiger partial charge on any atom is 0.220 e. The van der Waals surface area contributed by atoms with E-state index in [9.17, 15) is 4.79 Å². The fourth-order valence-corrected chi connectivity index (χ4v) is 3.64. The molecule has 1 aromatic heterocycles. The fraction of sp³-hybridized carbons (Fsp3) is 0.500. The molecule has 5 nitrogen and oxygen atoms in total. The Morgan fingerprint density at radius 3 is 2.65 bits per heavy atom. The SMILES string of the molecule is O=C(CCCn1ccnc1)NCC(c1ccc(Cl)cc1)N1CCCCC1. The van der Waals surface area contributed by atoms with Gasteiger partial charge in [-0.05, 0) is 50.0 Å². The average Bonchev–Trinajstić information content (AvgIpc) is 3.18. The zero-order valence-corrected chi connectivity index (χ0v) is 15.9. The van der Waals surface area contributed by atoms with Gasteiger partial charge in [-0.2, -0.15) is 0 Å². The Morgan fingerprint density at radius 2 is 1.96 bits per heavy atom. The molecule has 0 aliphatic carbocycles. The molecule has 1 saturated heterocycles. The van der Waals surface area contributed by atoms with Crippen LogP contribution in [-0.4, -0.2) is 40.0 Å². The van der Waals surface area contributed by atoms with Gasteiger partial charge in [-0.25, -0.2) is 4.98 Å². The van der Waals surface area contributed by atoms with Crippen LogP contribution in [0.3, 0.4) is 0 Å². The number of halogens is 1.